The van der Waals surface area contributed by atoms with E-state index in [-0.39, 0.29) is 6.42 Å². The van der Waals surface area contributed by atoms with Crippen molar-refractivity contribution in [2.24, 2.45) is 5.73 Å². The van der Waals surface area contributed by atoms with Gasteiger partial charge in [-0.05, 0) is 47.2 Å². The lowest BCUT2D eigenvalue weighted by atomic mass is 10.0. The van der Waals surface area contributed by atoms with Gasteiger partial charge in [-0.3, -0.25) is 4.98 Å². The van der Waals surface area contributed by atoms with Gasteiger partial charge in [0.15, 0.2) is 5.13 Å². The predicted octanol–water partition coefficient (Wildman–Crippen LogP) is 5.50. The zero-order chi connectivity index (χ0) is 22.0. The van der Waals surface area contributed by atoms with Crippen molar-refractivity contribution in [2.45, 2.75) is 18.6 Å². The van der Waals surface area contributed by atoms with E-state index >= 15 is 0 Å². The van der Waals surface area contributed by atoms with Gasteiger partial charge in [0.2, 0.25) is 0 Å². The number of aromatic nitrogens is 2. The van der Waals surface area contributed by atoms with Gasteiger partial charge in [0.1, 0.15) is 5.82 Å². The van der Waals surface area contributed by atoms with Crippen LogP contribution in [-0.4, -0.2) is 22.6 Å². The summed E-state index contributed by atoms with van der Waals surface area (Å²) in [5.74, 6) is -1.29. The second-order valence-corrected chi connectivity index (χ2v) is 8.15. The molecule has 4 rings (SSSR count). The van der Waals surface area contributed by atoms with E-state index in [2.05, 4.69) is 21.4 Å². The monoisotopic (exact) mass is 446 g/mol. The summed E-state index contributed by atoms with van der Waals surface area (Å²) in [5, 5.41) is 5.96. The summed E-state index contributed by atoms with van der Waals surface area (Å²) < 4.78 is 51.7. The summed E-state index contributed by atoms with van der Waals surface area (Å²) in [6.45, 7) is 0.346. The number of nitrogens with two attached hydrogens (primary N) is 1. The molecule has 2 aromatic carbocycles. The van der Waals surface area contributed by atoms with Crippen LogP contribution < -0.4 is 11.1 Å². The molecule has 0 amide bonds. The Morgan fingerprint density at radius 2 is 1.87 bits per heavy atom. The molecule has 9 heteroatoms. The minimum Gasteiger partial charge on any atom is -0.360 e. The van der Waals surface area contributed by atoms with E-state index in [1.165, 1.54) is 17.4 Å². The maximum Gasteiger partial charge on any atom is 0.419 e. The van der Waals surface area contributed by atoms with Crippen molar-refractivity contribution in [1.82, 2.24) is 9.97 Å². The summed E-state index contributed by atoms with van der Waals surface area (Å²) in [7, 11) is 0. The minimum absolute atomic E-state index is 0.235. The lowest BCUT2D eigenvalue weighted by Crippen LogP contribution is -2.31. The quantitative estimate of drug-likeness (QED) is 0.384. The van der Waals surface area contributed by atoms with Gasteiger partial charge in [0.05, 0.1) is 10.4 Å². The topological polar surface area (TPSA) is 63.8 Å². The Labute approximate surface area is 179 Å². The molecule has 0 spiro atoms. The number of hydrogen-bond acceptors (Lipinski definition) is 5. The zero-order valence-corrected chi connectivity index (χ0v) is 17.0. The molecule has 2 heterocycles. The summed E-state index contributed by atoms with van der Waals surface area (Å²) >= 11 is 1.47. The smallest absolute Gasteiger partial charge is 0.360 e. The molecule has 0 unspecified atom stereocenters. The first-order valence-electron chi connectivity index (χ1n) is 9.44. The number of anilines is 1. The second-order valence-electron chi connectivity index (χ2n) is 7.12. The zero-order valence-electron chi connectivity index (χ0n) is 16.2. The fourth-order valence-electron chi connectivity index (χ4n) is 3.23. The van der Waals surface area contributed by atoms with E-state index < -0.39 is 23.6 Å². The van der Waals surface area contributed by atoms with Crippen LogP contribution in [0.4, 0.5) is 22.7 Å². The molecule has 4 aromatic rings. The Hall–Kier alpha value is -3.04. The molecule has 3 N–H and O–H groups in total. The van der Waals surface area contributed by atoms with Crippen LogP contribution >= 0.6 is 11.3 Å². The highest BCUT2D eigenvalue weighted by molar-refractivity contribution is 7.18. The highest BCUT2D eigenvalue weighted by atomic mass is 32.1. The average Bonchev–Trinajstić information content (AvgIpc) is 3.20. The molecule has 0 saturated heterocycles. The fraction of sp³-hybridized carbons (Fsp3) is 0.182. The molecule has 1 atom stereocenters. The maximum absolute atomic E-state index is 13.7. The molecule has 0 fully saturated rings. The molecule has 31 heavy (non-hydrogen) atoms. The van der Waals surface area contributed by atoms with Crippen LogP contribution in [0.25, 0.3) is 21.2 Å². The number of nitrogens with zero attached hydrogens (tertiary/aromatic N) is 2. The van der Waals surface area contributed by atoms with Gasteiger partial charge in [-0.1, -0.05) is 29.5 Å². The third-order valence-electron chi connectivity index (χ3n) is 4.78. The number of alkyl halides is 3. The third-order valence-corrected chi connectivity index (χ3v) is 5.79. The van der Waals surface area contributed by atoms with Crippen LogP contribution in [0.3, 0.4) is 0 Å². The van der Waals surface area contributed by atoms with E-state index in [0.717, 1.165) is 33.3 Å². The summed E-state index contributed by atoms with van der Waals surface area (Å²) in [4.78, 5) is 9.45. The predicted molar refractivity (Wildman–Crippen MR) is 114 cm³/mol. The fourth-order valence-corrected chi connectivity index (χ4v) is 4.05. The van der Waals surface area contributed by atoms with Crippen LogP contribution in [0, 0.1) is 5.82 Å². The van der Waals surface area contributed by atoms with Crippen molar-refractivity contribution in [3.63, 3.8) is 0 Å². The van der Waals surface area contributed by atoms with Gasteiger partial charge in [-0.15, -0.1) is 0 Å². The van der Waals surface area contributed by atoms with Gasteiger partial charge in [-0.2, -0.15) is 13.2 Å². The lowest BCUT2D eigenvalue weighted by molar-refractivity contribution is -0.140. The Morgan fingerprint density at radius 3 is 2.65 bits per heavy atom. The first-order valence-corrected chi connectivity index (χ1v) is 10.3. The van der Waals surface area contributed by atoms with E-state index in [4.69, 9.17) is 5.73 Å². The van der Waals surface area contributed by atoms with Crippen LogP contribution in [0.2, 0.25) is 0 Å². The van der Waals surface area contributed by atoms with Gasteiger partial charge in [-0.25, -0.2) is 9.37 Å². The van der Waals surface area contributed by atoms with Crippen LogP contribution in [0.15, 0.2) is 61.1 Å². The number of hydrogen-bond donors (Lipinski definition) is 2. The SMILES string of the molecule is N[C@@H](CNc1ncc(-c2ccc3cnccc3c2)s1)Cc1ccc(C(F)(F)F)c(F)c1. The number of benzene rings is 2. The highest BCUT2D eigenvalue weighted by Gasteiger charge is 2.33. The standard InChI is InChI=1S/C22H18F4N4S/c23-19-8-13(1-4-18(19)22(24,25)26)7-17(27)11-29-21-30-12-20(31-21)15-2-3-16-10-28-6-5-14(16)9-15/h1-6,8-10,12,17H,7,11,27H2,(H,29,30)/t17-/m1/s1. The Kier molecular flexibility index (Phi) is 5.88. The molecular formula is C22H18F4N4S. The number of rotatable bonds is 6. The first-order chi connectivity index (χ1) is 14.8. The second kappa shape index (κ2) is 8.60. The molecule has 0 radical (unpaired) electrons. The van der Waals surface area contributed by atoms with Gasteiger partial charge in [0.25, 0.3) is 0 Å². The number of nitrogens with one attached hydrogen (secondary N) is 1. The highest BCUT2D eigenvalue weighted by Crippen LogP contribution is 2.32. The Morgan fingerprint density at radius 1 is 1.03 bits per heavy atom. The van der Waals surface area contributed by atoms with Crippen molar-refractivity contribution >= 4 is 27.2 Å². The van der Waals surface area contributed by atoms with Crippen molar-refractivity contribution in [3.05, 3.63) is 78.0 Å². The van der Waals surface area contributed by atoms with Gasteiger partial charge < -0.3 is 11.1 Å². The third kappa shape index (κ3) is 5.00. The maximum atomic E-state index is 13.7. The normalized spacial score (nSPS) is 12.8. The van der Waals surface area contributed by atoms with Crippen LogP contribution in [0.1, 0.15) is 11.1 Å². The van der Waals surface area contributed by atoms with Gasteiger partial charge in [0, 0.05) is 36.6 Å². The molecule has 4 nitrogen and oxygen atoms in total. The summed E-state index contributed by atoms with van der Waals surface area (Å²) in [6.07, 6.45) is 0.847. The molecule has 160 valence electrons. The number of thiazole rings is 1. The molecule has 0 bridgehead atoms. The number of pyridine rings is 1. The Balaban J connectivity index is 1.37. The largest absolute Gasteiger partial charge is 0.419 e. The number of halogens is 4. The summed E-state index contributed by atoms with van der Waals surface area (Å²) in [6, 6.07) is 10.5. The Bertz CT molecular complexity index is 1210. The van der Waals surface area contributed by atoms with E-state index in [0.29, 0.717) is 17.2 Å². The molecule has 2 aromatic heterocycles. The number of fused-ring (bicyclic) bond motifs is 1. The van der Waals surface area contributed by atoms with Crippen LogP contribution in [0.5, 0.6) is 0 Å². The summed E-state index contributed by atoms with van der Waals surface area (Å²) in [5.41, 5.74) is 6.24. The van der Waals surface area contributed by atoms with Crippen molar-refractivity contribution in [2.75, 3.05) is 11.9 Å². The molecular weight excluding hydrogens is 428 g/mol. The molecule has 0 aliphatic heterocycles. The molecule has 0 saturated carbocycles. The van der Waals surface area contributed by atoms with E-state index in [9.17, 15) is 17.6 Å². The minimum atomic E-state index is -4.71. The lowest BCUT2D eigenvalue weighted by Gasteiger charge is -2.14. The first kappa shape index (κ1) is 21.2. The van der Waals surface area contributed by atoms with Crippen molar-refractivity contribution in [3.8, 4) is 10.4 Å². The molecule has 0 aliphatic carbocycles. The van der Waals surface area contributed by atoms with Crippen molar-refractivity contribution < 1.29 is 17.6 Å². The van der Waals surface area contributed by atoms with Crippen LogP contribution in [-0.2, 0) is 12.6 Å². The molecule has 0 aliphatic rings. The van der Waals surface area contributed by atoms with E-state index in [1.807, 2.05) is 24.4 Å². The van der Waals surface area contributed by atoms with E-state index in [1.54, 1.807) is 12.4 Å². The average molecular weight is 446 g/mol. The van der Waals surface area contributed by atoms with Crippen molar-refractivity contribution in [1.29, 1.82) is 0 Å². The van der Waals surface area contributed by atoms with Gasteiger partial charge >= 0.3 is 6.18 Å².